The van der Waals surface area contributed by atoms with Gasteiger partial charge in [-0.3, -0.25) is 0 Å². The third-order valence-corrected chi connectivity index (χ3v) is 3.28. The molecule has 1 rings (SSSR count). The molecule has 0 saturated heterocycles. The zero-order chi connectivity index (χ0) is 11.3. The predicted molar refractivity (Wildman–Crippen MR) is 68.6 cm³/mol. The lowest BCUT2D eigenvalue weighted by molar-refractivity contribution is 0.450. The maximum absolute atomic E-state index is 5.89. The van der Waals surface area contributed by atoms with Crippen LogP contribution in [0.5, 0.6) is 0 Å². The highest BCUT2D eigenvalue weighted by Gasteiger charge is 2.19. The number of unbranched alkanes of at least 4 members (excludes halogenated alkanes) is 2. The predicted octanol–water partition coefficient (Wildman–Crippen LogP) is 5.20. The summed E-state index contributed by atoms with van der Waals surface area (Å²) in [4.78, 5) is 0. The van der Waals surface area contributed by atoms with E-state index in [0.717, 1.165) is 5.02 Å². The molecular formula is C14H21Cl. The molecule has 1 heteroatoms. The largest absolute Gasteiger partial charge is 0.0843 e. The molecule has 0 aliphatic rings. The van der Waals surface area contributed by atoms with E-state index in [4.69, 9.17) is 11.6 Å². The van der Waals surface area contributed by atoms with E-state index >= 15 is 0 Å². The highest BCUT2D eigenvalue weighted by molar-refractivity contribution is 6.30. The highest BCUT2D eigenvalue weighted by atomic mass is 35.5. The summed E-state index contributed by atoms with van der Waals surface area (Å²) < 4.78 is 0. The van der Waals surface area contributed by atoms with E-state index in [-0.39, 0.29) is 5.41 Å². The van der Waals surface area contributed by atoms with Crippen molar-refractivity contribution in [3.8, 4) is 0 Å². The highest BCUT2D eigenvalue weighted by Crippen LogP contribution is 2.29. The molecular weight excluding hydrogens is 204 g/mol. The Morgan fingerprint density at radius 1 is 1.07 bits per heavy atom. The molecule has 0 heterocycles. The van der Waals surface area contributed by atoms with Crippen molar-refractivity contribution in [2.24, 2.45) is 0 Å². The lowest BCUT2D eigenvalue weighted by Gasteiger charge is -2.25. The summed E-state index contributed by atoms with van der Waals surface area (Å²) >= 11 is 5.89. The van der Waals surface area contributed by atoms with Crippen molar-refractivity contribution in [2.75, 3.05) is 0 Å². The van der Waals surface area contributed by atoms with Crippen LogP contribution in [-0.4, -0.2) is 0 Å². The Balaban J connectivity index is 2.63. The van der Waals surface area contributed by atoms with Crippen molar-refractivity contribution < 1.29 is 0 Å². The van der Waals surface area contributed by atoms with E-state index in [1.165, 1.54) is 31.2 Å². The number of rotatable bonds is 5. The zero-order valence-corrected chi connectivity index (χ0v) is 10.8. The summed E-state index contributed by atoms with van der Waals surface area (Å²) in [5.41, 5.74) is 1.67. The molecule has 0 saturated carbocycles. The molecule has 1 aromatic rings. The molecule has 0 atom stereocenters. The van der Waals surface area contributed by atoms with E-state index in [0.29, 0.717) is 0 Å². The van der Waals surface area contributed by atoms with Gasteiger partial charge in [0.25, 0.3) is 0 Å². The maximum Gasteiger partial charge on any atom is 0.0406 e. The quantitative estimate of drug-likeness (QED) is 0.604. The molecule has 15 heavy (non-hydrogen) atoms. The molecule has 84 valence electrons. The van der Waals surface area contributed by atoms with E-state index in [1.807, 2.05) is 12.1 Å². The Labute approximate surface area is 98.7 Å². The van der Waals surface area contributed by atoms with E-state index in [9.17, 15) is 0 Å². The van der Waals surface area contributed by atoms with Crippen LogP contribution < -0.4 is 0 Å². The average molecular weight is 225 g/mol. The molecule has 0 unspecified atom stereocenters. The minimum Gasteiger partial charge on any atom is -0.0843 e. The van der Waals surface area contributed by atoms with Crippen molar-refractivity contribution in [2.45, 2.75) is 51.9 Å². The van der Waals surface area contributed by atoms with Gasteiger partial charge < -0.3 is 0 Å². The standard InChI is InChI=1S/C14H21Cl/c1-4-5-6-11-14(2,3)12-7-9-13(15)10-8-12/h7-10H,4-6,11H2,1-3H3. The minimum absolute atomic E-state index is 0.278. The fraction of sp³-hybridized carbons (Fsp3) is 0.571. The first kappa shape index (κ1) is 12.6. The molecule has 0 amide bonds. The van der Waals surface area contributed by atoms with Gasteiger partial charge in [-0.05, 0) is 29.5 Å². The van der Waals surface area contributed by atoms with Crippen LogP contribution in [0.1, 0.15) is 52.0 Å². The summed E-state index contributed by atoms with van der Waals surface area (Å²) in [6.07, 6.45) is 5.18. The molecule has 0 spiro atoms. The monoisotopic (exact) mass is 224 g/mol. The summed E-state index contributed by atoms with van der Waals surface area (Å²) in [6, 6.07) is 8.26. The average Bonchev–Trinajstić information content (AvgIpc) is 2.18. The van der Waals surface area contributed by atoms with Gasteiger partial charge in [-0.1, -0.05) is 63.8 Å². The van der Waals surface area contributed by atoms with Gasteiger partial charge in [0.1, 0.15) is 0 Å². The third-order valence-electron chi connectivity index (χ3n) is 3.03. The molecule has 0 bridgehead atoms. The van der Waals surface area contributed by atoms with E-state index in [2.05, 4.69) is 32.9 Å². The topological polar surface area (TPSA) is 0 Å². The lowest BCUT2D eigenvalue weighted by Crippen LogP contribution is -2.16. The second-order valence-electron chi connectivity index (χ2n) is 4.85. The van der Waals surface area contributed by atoms with Gasteiger partial charge in [-0.25, -0.2) is 0 Å². The van der Waals surface area contributed by atoms with Crippen LogP contribution in [0.2, 0.25) is 5.02 Å². The van der Waals surface area contributed by atoms with Crippen LogP contribution in [0.3, 0.4) is 0 Å². The van der Waals surface area contributed by atoms with Crippen LogP contribution in [0.15, 0.2) is 24.3 Å². The number of benzene rings is 1. The molecule has 0 aromatic heterocycles. The third kappa shape index (κ3) is 3.87. The van der Waals surface area contributed by atoms with Crippen molar-refractivity contribution in [3.63, 3.8) is 0 Å². The zero-order valence-electron chi connectivity index (χ0n) is 10.0. The van der Waals surface area contributed by atoms with Crippen LogP contribution in [0, 0.1) is 0 Å². The van der Waals surface area contributed by atoms with Crippen molar-refractivity contribution in [3.05, 3.63) is 34.9 Å². The van der Waals surface area contributed by atoms with Gasteiger partial charge in [0.15, 0.2) is 0 Å². The van der Waals surface area contributed by atoms with Gasteiger partial charge in [0, 0.05) is 5.02 Å². The summed E-state index contributed by atoms with van der Waals surface area (Å²) in [7, 11) is 0. The fourth-order valence-electron chi connectivity index (χ4n) is 1.86. The fourth-order valence-corrected chi connectivity index (χ4v) is 1.99. The van der Waals surface area contributed by atoms with Gasteiger partial charge in [0.2, 0.25) is 0 Å². The van der Waals surface area contributed by atoms with Crippen LogP contribution in [-0.2, 0) is 5.41 Å². The molecule has 0 aliphatic carbocycles. The van der Waals surface area contributed by atoms with E-state index in [1.54, 1.807) is 0 Å². The maximum atomic E-state index is 5.89. The first-order valence-corrected chi connectivity index (χ1v) is 6.20. The van der Waals surface area contributed by atoms with Crippen LogP contribution >= 0.6 is 11.6 Å². The first-order valence-electron chi connectivity index (χ1n) is 5.82. The Morgan fingerprint density at radius 2 is 1.67 bits per heavy atom. The van der Waals surface area contributed by atoms with Gasteiger partial charge in [0.05, 0.1) is 0 Å². The van der Waals surface area contributed by atoms with Crippen LogP contribution in [0.25, 0.3) is 0 Å². The number of halogens is 1. The second-order valence-corrected chi connectivity index (χ2v) is 5.28. The SMILES string of the molecule is CCCCCC(C)(C)c1ccc(Cl)cc1. The number of hydrogen-bond acceptors (Lipinski definition) is 0. The number of hydrogen-bond donors (Lipinski definition) is 0. The molecule has 0 aliphatic heterocycles. The lowest BCUT2D eigenvalue weighted by atomic mass is 9.80. The molecule has 1 aromatic carbocycles. The van der Waals surface area contributed by atoms with Gasteiger partial charge in [-0.15, -0.1) is 0 Å². The molecule has 0 nitrogen and oxygen atoms in total. The first-order chi connectivity index (χ1) is 7.06. The normalized spacial score (nSPS) is 11.7. The minimum atomic E-state index is 0.278. The Kier molecular flexibility index (Phi) is 4.66. The summed E-state index contributed by atoms with van der Waals surface area (Å²) in [5.74, 6) is 0. The smallest absolute Gasteiger partial charge is 0.0406 e. The summed E-state index contributed by atoms with van der Waals surface area (Å²) in [5, 5.41) is 0.822. The van der Waals surface area contributed by atoms with Gasteiger partial charge in [-0.2, -0.15) is 0 Å². The summed E-state index contributed by atoms with van der Waals surface area (Å²) in [6.45, 7) is 6.87. The van der Waals surface area contributed by atoms with Crippen molar-refractivity contribution in [1.82, 2.24) is 0 Å². The van der Waals surface area contributed by atoms with Crippen LogP contribution in [0.4, 0.5) is 0 Å². The Hall–Kier alpha value is -0.490. The molecule has 0 radical (unpaired) electrons. The van der Waals surface area contributed by atoms with Gasteiger partial charge >= 0.3 is 0 Å². The van der Waals surface area contributed by atoms with E-state index < -0.39 is 0 Å². The Bertz CT molecular complexity index is 285. The molecule has 0 N–H and O–H groups in total. The molecule has 0 fully saturated rings. The van der Waals surface area contributed by atoms with Crippen molar-refractivity contribution in [1.29, 1.82) is 0 Å². The Morgan fingerprint density at radius 3 is 2.20 bits per heavy atom. The van der Waals surface area contributed by atoms with Crippen molar-refractivity contribution >= 4 is 11.6 Å². The second kappa shape index (κ2) is 5.55.